The molecule has 2 rings (SSSR count). The van der Waals surface area contributed by atoms with Crippen LogP contribution in [0.3, 0.4) is 0 Å². The average Bonchev–Trinajstić information content (AvgIpc) is 2.24. The number of anilines is 2. The van der Waals surface area contributed by atoms with E-state index >= 15 is 0 Å². The quantitative estimate of drug-likeness (QED) is 0.722. The van der Waals surface area contributed by atoms with Gasteiger partial charge in [0, 0.05) is 10.5 Å². The first kappa shape index (κ1) is 10.8. The third kappa shape index (κ3) is 2.86. The number of nitrogen functional groups attached to an aromatic ring is 1. The molecule has 1 aliphatic heterocycles. The molecule has 4 N–H and O–H groups in total. The van der Waals surface area contributed by atoms with Crippen LogP contribution in [0.5, 0.6) is 0 Å². The lowest BCUT2D eigenvalue weighted by molar-refractivity contribution is 0.479. The van der Waals surface area contributed by atoms with Gasteiger partial charge in [0.15, 0.2) is 0 Å². The van der Waals surface area contributed by atoms with Gasteiger partial charge in [-0.15, -0.1) is 0 Å². The number of piperidine rings is 1. The highest BCUT2D eigenvalue weighted by molar-refractivity contribution is 9.10. The fourth-order valence-corrected chi connectivity index (χ4v) is 2.23. The monoisotopic (exact) mass is 269 g/mol. The summed E-state index contributed by atoms with van der Waals surface area (Å²) in [6.07, 6.45) is 2.32. The molecule has 15 heavy (non-hydrogen) atoms. The molecule has 0 bridgehead atoms. The molecule has 0 atom stereocenters. The molecule has 1 aliphatic rings. The second kappa shape index (κ2) is 4.86. The van der Waals surface area contributed by atoms with Gasteiger partial charge in [0.1, 0.15) is 0 Å². The molecular weight excluding hydrogens is 254 g/mol. The zero-order chi connectivity index (χ0) is 10.7. The van der Waals surface area contributed by atoms with E-state index in [4.69, 9.17) is 5.73 Å². The largest absolute Gasteiger partial charge is 0.397 e. The zero-order valence-corrected chi connectivity index (χ0v) is 10.2. The second-order valence-corrected chi connectivity index (χ2v) is 4.82. The Labute approximate surface area is 98.6 Å². The van der Waals surface area contributed by atoms with E-state index in [9.17, 15) is 0 Å². The fourth-order valence-electron chi connectivity index (χ4n) is 1.85. The highest BCUT2D eigenvalue weighted by Gasteiger charge is 2.13. The number of hydrogen-bond donors (Lipinski definition) is 3. The molecule has 1 saturated heterocycles. The maximum absolute atomic E-state index is 5.93. The highest BCUT2D eigenvalue weighted by Crippen LogP contribution is 2.24. The Morgan fingerprint density at radius 3 is 2.73 bits per heavy atom. The van der Waals surface area contributed by atoms with Gasteiger partial charge in [-0.1, -0.05) is 15.9 Å². The van der Waals surface area contributed by atoms with E-state index in [2.05, 4.69) is 26.6 Å². The van der Waals surface area contributed by atoms with Crippen LogP contribution in [-0.4, -0.2) is 19.1 Å². The van der Waals surface area contributed by atoms with Crippen molar-refractivity contribution in [3.63, 3.8) is 0 Å². The van der Waals surface area contributed by atoms with E-state index in [0.29, 0.717) is 6.04 Å². The fraction of sp³-hybridized carbons (Fsp3) is 0.455. The van der Waals surface area contributed by atoms with Gasteiger partial charge in [0.05, 0.1) is 11.4 Å². The summed E-state index contributed by atoms with van der Waals surface area (Å²) in [7, 11) is 0. The van der Waals surface area contributed by atoms with Crippen molar-refractivity contribution in [1.82, 2.24) is 5.32 Å². The Morgan fingerprint density at radius 2 is 2.07 bits per heavy atom. The first-order chi connectivity index (χ1) is 7.25. The average molecular weight is 270 g/mol. The Bertz CT molecular complexity index is 335. The predicted molar refractivity (Wildman–Crippen MR) is 68.1 cm³/mol. The van der Waals surface area contributed by atoms with Crippen molar-refractivity contribution in [3.8, 4) is 0 Å². The first-order valence-corrected chi connectivity index (χ1v) is 6.07. The number of rotatable bonds is 2. The van der Waals surface area contributed by atoms with Crippen LogP contribution < -0.4 is 16.4 Å². The Kier molecular flexibility index (Phi) is 3.49. The van der Waals surface area contributed by atoms with Crippen molar-refractivity contribution >= 4 is 27.3 Å². The summed E-state index contributed by atoms with van der Waals surface area (Å²) >= 11 is 3.40. The number of nitrogens with one attached hydrogen (secondary N) is 2. The summed E-state index contributed by atoms with van der Waals surface area (Å²) in [6.45, 7) is 2.18. The Balaban J connectivity index is 2.03. The van der Waals surface area contributed by atoms with Crippen LogP contribution in [0.1, 0.15) is 12.8 Å². The van der Waals surface area contributed by atoms with E-state index in [1.165, 1.54) is 0 Å². The third-order valence-corrected chi connectivity index (χ3v) is 3.21. The van der Waals surface area contributed by atoms with Gasteiger partial charge in [-0.2, -0.15) is 0 Å². The predicted octanol–water partition coefficient (Wildman–Crippen LogP) is 2.20. The lowest BCUT2D eigenvalue weighted by Gasteiger charge is -2.25. The van der Waals surface area contributed by atoms with Gasteiger partial charge >= 0.3 is 0 Å². The first-order valence-electron chi connectivity index (χ1n) is 5.28. The molecule has 0 unspecified atom stereocenters. The summed E-state index contributed by atoms with van der Waals surface area (Å²) in [5.74, 6) is 0. The van der Waals surface area contributed by atoms with Crippen molar-refractivity contribution in [2.24, 2.45) is 0 Å². The lowest BCUT2D eigenvalue weighted by atomic mass is 10.1. The number of nitrogens with two attached hydrogens (primary N) is 1. The molecule has 0 aromatic heterocycles. The van der Waals surface area contributed by atoms with Crippen LogP contribution in [0, 0.1) is 0 Å². The number of hydrogen-bond acceptors (Lipinski definition) is 3. The molecule has 0 saturated carbocycles. The van der Waals surface area contributed by atoms with Crippen molar-refractivity contribution in [2.45, 2.75) is 18.9 Å². The molecule has 0 spiro atoms. The summed E-state index contributed by atoms with van der Waals surface area (Å²) in [5, 5.41) is 6.84. The van der Waals surface area contributed by atoms with Crippen molar-refractivity contribution in [1.29, 1.82) is 0 Å². The zero-order valence-electron chi connectivity index (χ0n) is 8.59. The van der Waals surface area contributed by atoms with Crippen LogP contribution in [-0.2, 0) is 0 Å². The molecule has 3 nitrogen and oxygen atoms in total. The van der Waals surface area contributed by atoms with Gasteiger partial charge in [0.2, 0.25) is 0 Å². The Hall–Kier alpha value is -0.740. The smallest absolute Gasteiger partial charge is 0.0576 e. The molecule has 0 amide bonds. The number of benzene rings is 1. The van der Waals surface area contributed by atoms with Crippen molar-refractivity contribution < 1.29 is 0 Å². The van der Waals surface area contributed by atoms with Gasteiger partial charge in [-0.3, -0.25) is 0 Å². The highest BCUT2D eigenvalue weighted by atomic mass is 79.9. The van der Waals surface area contributed by atoms with Gasteiger partial charge in [-0.25, -0.2) is 0 Å². The standard InChI is InChI=1S/C11H16BrN3/c12-8-1-2-11(10(13)7-8)15-9-3-5-14-6-4-9/h1-2,7,9,14-15H,3-6,13H2. The van der Waals surface area contributed by atoms with Crippen LogP contribution in [0.25, 0.3) is 0 Å². The molecule has 0 radical (unpaired) electrons. The third-order valence-electron chi connectivity index (χ3n) is 2.71. The molecule has 0 aliphatic carbocycles. The molecular formula is C11H16BrN3. The summed E-state index contributed by atoms with van der Waals surface area (Å²) in [6, 6.07) is 6.53. The minimum absolute atomic E-state index is 0.551. The second-order valence-electron chi connectivity index (χ2n) is 3.90. The van der Waals surface area contributed by atoms with Crippen LogP contribution >= 0.6 is 15.9 Å². The van der Waals surface area contributed by atoms with E-state index in [-0.39, 0.29) is 0 Å². The molecule has 1 heterocycles. The topological polar surface area (TPSA) is 50.1 Å². The van der Waals surface area contributed by atoms with Crippen molar-refractivity contribution in [3.05, 3.63) is 22.7 Å². The van der Waals surface area contributed by atoms with Crippen LogP contribution in [0.2, 0.25) is 0 Å². The summed E-state index contributed by atoms with van der Waals surface area (Å²) < 4.78 is 1.02. The molecule has 4 heteroatoms. The summed E-state index contributed by atoms with van der Waals surface area (Å²) in [5.41, 5.74) is 7.79. The SMILES string of the molecule is Nc1cc(Br)ccc1NC1CCNCC1. The van der Waals surface area contributed by atoms with E-state index in [1.54, 1.807) is 0 Å². The molecule has 1 aromatic carbocycles. The Morgan fingerprint density at radius 1 is 1.33 bits per heavy atom. The van der Waals surface area contributed by atoms with Crippen LogP contribution in [0.15, 0.2) is 22.7 Å². The summed E-state index contributed by atoms with van der Waals surface area (Å²) in [4.78, 5) is 0. The van der Waals surface area contributed by atoms with E-state index in [0.717, 1.165) is 41.8 Å². The van der Waals surface area contributed by atoms with Gasteiger partial charge in [-0.05, 0) is 44.1 Å². The normalized spacial score (nSPS) is 17.7. The maximum Gasteiger partial charge on any atom is 0.0576 e. The molecule has 82 valence electrons. The minimum atomic E-state index is 0.551. The maximum atomic E-state index is 5.93. The lowest BCUT2D eigenvalue weighted by Crippen LogP contribution is -2.35. The van der Waals surface area contributed by atoms with E-state index in [1.807, 2.05) is 18.2 Å². The van der Waals surface area contributed by atoms with Gasteiger partial charge < -0.3 is 16.4 Å². The minimum Gasteiger partial charge on any atom is -0.397 e. The van der Waals surface area contributed by atoms with Crippen LogP contribution in [0.4, 0.5) is 11.4 Å². The van der Waals surface area contributed by atoms with Crippen molar-refractivity contribution in [2.75, 3.05) is 24.1 Å². The van der Waals surface area contributed by atoms with E-state index < -0.39 is 0 Å². The number of halogens is 1. The molecule has 1 aromatic rings. The molecule has 1 fully saturated rings. The van der Waals surface area contributed by atoms with Gasteiger partial charge in [0.25, 0.3) is 0 Å².